The summed E-state index contributed by atoms with van der Waals surface area (Å²) in [4.78, 5) is 10.9. The van der Waals surface area contributed by atoms with Gasteiger partial charge in [0, 0.05) is 6.54 Å². The van der Waals surface area contributed by atoms with Crippen LogP contribution >= 0.6 is 11.9 Å². The molecule has 0 aliphatic heterocycles. The molecule has 0 aliphatic rings. The minimum absolute atomic E-state index is 0.371. The van der Waals surface area contributed by atoms with E-state index in [2.05, 4.69) is 11.6 Å². The van der Waals surface area contributed by atoms with Crippen LogP contribution in [0.5, 0.6) is 0 Å². The van der Waals surface area contributed by atoms with E-state index in [4.69, 9.17) is 5.11 Å². The highest BCUT2D eigenvalue weighted by Crippen LogP contribution is 2.14. The monoisotopic (exact) mass is 305 g/mol. The molecule has 2 atom stereocenters. The Balaban J connectivity index is 3.52. The summed E-state index contributed by atoms with van der Waals surface area (Å²) in [5, 5.41) is 18.4. The fourth-order valence-corrected chi connectivity index (χ4v) is 2.95. The first-order chi connectivity index (χ1) is 9.61. The van der Waals surface area contributed by atoms with Gasteiger partial charge in [-0.25, -0.2) is 0 Å². The normalized spacial score (nSPS) is 14.2. The predicted molar refractivity (Wildman–Crippen MR) is 85.9 cm³/mol. The van der Waals surface area contributed by atoms with E-state index in [0.717, 1.165) is 19.3 Å². The Bertz CT molecular complexity index is 239. The molecule has 3 N–H and O–H groups in total. The zero-order chi connectivity index (χ0) is 15.2. The molecule has 0 fully saturated rings. The maximum atomic E-state index is 10.9. The van der Waals surface area contributed by atoms with Crippen molar-refractivity contribution in [2.45, 2.75) is 83.0 Å². The molecule has 120 valence electrons. The summed E-state index contributed by atoms with van der Waals surface area (Å²) in [6, 6.07) is 0. The number of unbranched alkanes of at least 4 members (excludes halogenated alkanes) is 5. The first kappa shape index (κ1) is 19.7. The molecule has 0 radical (unpaired) electrons. The van der Waals surface area contributed by atoms with Crippen LogP contribution in [0, 0.1) is 0 Å². The Morgan fingerprint density at radius 2 is 1.70 bits per heavy atom. The van der Waals surface area contributed by atoms with E-state index in [0.29, 0.717) is 13.0 Å². The molecule has 0 aromatic heterocycles. The number of carboxylic acids is 1. The zero-order valence-corrected chi connectivity index (χ0v) is 13.8. The summed E-state index contributed by atoms with van der Waals surface area (Å²) in [6.07, 6.45) is 9.26. The number of hydrogen-bond donors (Lipinski definition) is 3. The second kappa shape index (κ2) is 13.7. The highest BCUT2D eigenvalue weighted by molar-refractivity contribution is 7.98. The van der Waals surface area contributed by atoms with Crippen LogP contribution in [0.2, 0.25) is 0 Å². The maximum Gasteiger partial charge on any atom is 0.317 e. The molecule has 5 heteroatoms. The van der Waals surface area contributed by atoms with Crippen LogP contribution in [-0.4, -0.2) is 34.1 Å². The highest BCUT2D eigenvalue weighted by atomic mass is 32.2. The largest absolute Gasteiger partial charge is 0.480 e. The standard InChI is InChI=1S/C15H31NO3S/c1-3-5-6-7-8-9-11-13(17)12-16-20-14(10-4-2)15(18)19/h13-14,16-17H,3-12H2,1-2H3,(H,18,19). The average Bonchev–Trinajstić information content (AvgIpc) is 2.41. The van der Waals surface area contributed by atoms with Crippen LogP contribution in [0.15, 0.2) is 0 Å². The minimum atomic E-state index is -0.783. The van der Waals surface area contributed by atoms with Crippen LogP contribution in [0.3, 0.4) is 0 Å². The van der Waals surface area contributed by atoms with E-state index in [-0.39, 0.29) is 6.10 Å². The van der Waals surface area contributed by atoms with Gasteiger partial charge >= 0.3 is 5.97 Å². The van der Waals surface area contributed by atoms with Crippen LogP contribution < -0.4 is 4.72 Å². The number of hydrogen-bond acceptors (Lipinski definition) is 4. The van der Waals surface area contributed by atoms with E-state index in [1.165, 1.54) is 44.1 Å². The maximum absolute atomic E-state index is 10.9. The molecule has 0 aliphatic carbocycles. The first-order valence-corrected chi connectivity index (χ1v) is 8.79. The van der Waals surface area contributed by atoms with Crippen molar-refractivity contribution in [1.29, 1.82) is 0 Å². The fourth-order valence-electron chi connectivity index (χ4n) is 2.00. The number of aliphatic hydroxyl groups excluding tert-OH is 1. The van der Waals surface area contributed by atoms with Gasteiger partial charge in [0.05, 0.1) is 6.10 Å². The quantitative estimate of drug-likeness (QED) is 0.338. The van der Waals surface area contributed by atoms with Crippen molar-refractivity contribution < 1.29 is 15.0 Å². The van der Waals surface area contributed by atoms with Crippen LogP contribution in [0.4, 0.5) is 0 Å². The third-order valence-corrected chi connectivity index (χ3v) is 4.32. The topological polar surface area (TPSA) is 69.6 Å². The summed E-state index contributed by atoms with van der Waals surface area (Å²) in [5.74, 6) is -0.783. The molecule has 0 aromatic carbocycles. The van der Waals surface area contributed by atoms with Crippen molar-refractivity contribution in [1.82, 2.24) is 4.72 Å². The Hall–Kier alpha value is -0.260. The van der Waals surface area contributed by atoms with Crippen molar-refractivity contribution in [2.75, 3.05) is 6.54 Å². The van der Waals surface area contributed by atoms with Gasteiger partial charge in [0.25, 0.3) is 0 Å². The number of aliphatic hydroxyl groups is 1. The van der Waals surface area contributed by atoms with Crippen LogP contribution in [-0.2, 0) is 4.79 Å². The molecule has 4 nitrogen and oxygen atoms in total. The lowest BCUT2D eigenvalue weighted by Crippen LogP contribution is -2.27. The minimum Gasteiger partial charge on any atom is -0.480 e. The molecule has 0 saturated heterocycles. The third kappa shape index (κ3) is 11.6. The van der Waals surface area contributed by atoms with Crippen LogP contribution in [0.25, 0.3) is 0 Å². The van der Waals surface area contributed by atoms with Gasteiger partial charge in [-0.15, -0.1) is 0 Å². The van der Waals surface area contributed by atoms with Crippen molar-refractivity contribution in [2.24, 2.45) is 0 Å². The molecule has 0 rings (SSSR count). The van der Waals surface area contributed by atoms with E-state index in [9.17, 15) is 9.90 Å². The molecular formula is C15H31NO3S. The molecule has 0 amide bonds. The second-order valence-corrected chi connectivity index (χ2v) is 6.39. The smallest absolute Gasteiger partial charge is 0.317 e. The summed E-state index contributed by atoms with van der Waals surface area (Å²) in [5.41, 5.74) is 0. The molecule has 20 heavy (non-hydrogen) atoms. The van der Waals surface area contributed by atoms with Gasteiger partial charge in [-0.2, -0.15) is 0 Å². The lowest BCUT2D eigenvalue weighted by molar-refractivity contribution is -0.136. The molecule has 0 bridgehead atoms. The van der Waals surface area contributed by atoms with Gasteiger partial charge in [-0.1, -0.05) is 70.7 Å². The number of aliphatic carboxylic acids is 1. The first-order valence-electron chi connectivity index (χ1n) is 7.91. The third-order valence-electron chi connectivity index (χ3n) is 3.26. The average molecular weight is 305 g/mol. The van der Waals surface area contributed by atoms with Gasteiger partial charge in [0.2, 0.25) is 0 Å². The number of nitrogens with one attached hydrogen (secondary N) is 1. The van der Waals surface area contributed by atoms with Gasteiger partial charge < -0.3 is 10.2 Å². The Kier molecular flexibility index (Phi) is 13.5. The molecule has 0 spiro atoms. The van der Waals surface area contributed by atoms with E-state index < -0.39 is 11.2 Å². The van der Waals surface area contributed by atoms with Crippen LogP contribution in [0.1, 0.15) is 71.6 Å². The summed E-state index contributed by atoms with van der Waals surface area (Å²) in [6.45, 7) is 4.65. The highest BCUT2D eigenvalue weighted by Gasteiger charge is 2.17. The second-order valence-electron chi connectivity index (χ2n) is 5.29. The van der Waals surface area contributed by atoms with Crippen molar-refractivity contribution in [3.63, 3.8) is 0 Å². The van der Waals surface area contributed by atoms with Gasteiger partial charge in [0.1, 0.15) is 5.25 Å². The predicted octanol–water partition coefficient (Wildman–Crippen LogP) is 3.59. The molecule has 2 unspecified atom stereocenters. The molecule has 0 heterocycles. The Morgan fingerprint density at radius 3 is 2.30 bits per heavy atom. The van der Waals surface area contributed by atoms with Gasteiger partial charge in [-0.3, -0.25) is 9.52 Å². The molecule has 0 aromatic rings. The number of rotatable bonds is 14. The van der Waals surface area contributed by atoms with Crippen molar-refractivity contribution >= 4 is 17.9 Å². The summed E-state index contributed by atoms with van der Waals surface area (Å²) in [7, 11) is 0. The summed E-state index contributed by atoms with van der Waals surface area (Å²) < 4.78 is 3.00. The van der Waals surface area contributed by atoms with Crippen molar-refractivity contribution in [3.8, 4) is 0 Å². The lowest BCUT2D eigenvalue weighted by Gasteiger charge is -2.14. The van der Waals surface area contributed by atoms with Gasteiger partial charge in [-0.05, 0) is 12.8 Å². The lowest BCUT2D eigenvalue weighted by atomic mass is 10.1. The number of carboxylic acid groups (broad SMARTS) is 1. The Morgan fingerprint density at radius 1 is 1.05 bits per heavy atom. The van der Waals surface area contributed by atoms with E-state index in [1.54, 1.807) is 0 Å². The van der Waals surface area contributed by atoms with E-state index in [1.807, 2.05) is 6.92 Å². The molecule has 0 saturated carbocycles. The Labute approximate surface area is 127 Å². The van der Waals surface area contributed by atoms with Gasteiger partial charge in [0.15, 0.2) is 0 Å². The molecular weight excluding hydrogens is 274 g/mol. The summed E-state index contributed by atoms with van der Waals surface area (Å²) >= 11 is 1.22. The van der Waals surface area contributed by atoms with E-state index >= 15 is 0 Å². The zero-order valence-electron chi connectivity index (χ0n) is 12.9. The van der Waals surface area contributed by atoms with Crippen molar-refractivity contribution in [3.05, 3.63) is 0 Å². The number of carbonyl (C=O) groups is 1. The fraction of sp³-hybridized carbons (Fsp3) is 0.933. The SMILES string of the molecule is CCCCCCCCC(O)CNSC(CCC)C(=O)O.